The molecule has 23 heavy (non-hydrogen) atoms. The van der Waals surface area contributed by atoms with Crippen LogP contribution in [0.2, 0.25) is 0 Å². The van der Waals surface area contributed by atoms with E-state index >= 15 is 0 Å². The minimum Gasteiger partial charge on any atom is -0.462 e. The maximum absolute atomic E-state index is 12.1. The normalized spacial score (nSPS) is 13.2. The summed E-state index contributed by atoms with van der Waals surface area (Å²) < 4.78 is 5.75. The Morgan fingerprint density at radius 1 is 1.13 bits per heavy atom. The molecule has 0 saturated heterocycles. The van der Waals surface area contributed by atoms with Crippen molar-refractivity contribution >= 4 is 11.9 Å². The average Bonchev–Trinajstić information content (AvgIpc) is 2.54. The molecule has 4 heteroatoms. The Balaban J connectivity index is 4.32. The van der Waals surface area contributed by atoms with Crippen LogP contribution in [-0.4, -0.2) is 36.5 Å². The van der Waals surface area contributed by atoms with Crippen molar-refractivity contribution < 1.29 is 14.3 Å². The number of nitrogens with zero attached hydrogens (tertiary/aromatic N) is 1. The van der Waals surface area contributed by atoms with E-state index in [-0.39, 0.29) is 18.0 Å². The summed E-state index contributed by atoms with van der Waals surface area (Å²) in [7, 11) is 1.72. The molecule has 0 spiro atoms. The Hall–Kier alpha value is -1.32. The Bertz CT molecular complexity index is 355. The lowest BCUT2D eigenvalue weighted by Crippen LogP contribution is -2.28. The van der Waals surface area contributed by atoms with Crippen LogP contribution >= 0.6 is 0 Å². The summed E-state index contributed by atoms with van der Waals surface area (Å²) in [6.45, 7) is 10.5. The van der Waals surface area contributed by atoms with Crippen LogP contribution in [0.25, 0.3) is 0 Å². The van der Waals surface area contributed by atoms with Crippen molar-refractivity contribution in [1.29, 1.82) is 0 Å². The lowest BCUT2D eigenvalue weighted by Gasteiger charge is -2.26. The van der Waals surface area contributed by atoms with Gasteiger partial charge in [-0.25, -0.2) is 0 Å². The van der Waals surface area contributed by atoms with Crippen LogP contribution in [0.15, 0.2) is 12.7 Å². The van der Waals surface area contributed by atoms with Crippen LogP contribution in [-0.2, 0) is 14.3 Å². The fourth-order valence-electron chi connectivity index (χ4n) is 2.75. The van der Waals surface area contributed by atoms with Gasteiger partial charge in [-0.05, 0) is 37.7 Å². The first kappa shape index (κ1) is 21.7. The second kappa shape index (κ2) is 13.1. The topological polar surface area (TPSA) is 46.6 Å². The van der Waals surface area contributed by atoms with Crippen LogP contribution in [0, 0.1) is 5.92 Å². The number of amides is 1. The predicted molar refractivity (Wildman–Crippen MR) is 95.2 cm³/mol. The number of hydrogen-bond donors (Lipinski definition) is 0. The molecule has 4 nitrogen and oxygen atoms in total. The van der Waals surface area contributed by atoms with E-state index in [9.17, 15) is 9.59 Å². The first-order valence-electron chi connectivity index (χ1n) is 9.06. The molecule has 0 radical (unpaired) electrons. The molecule has 0 aromatic carbocycles. The van der Waals surface area contributed by atoms with Crippen molar-refractivity contribution in [3.63, 3.8) is 0 Å². The van der Waals surface area contributed by atoms with Gasteiger partial charge in [0.05, 0.1) is 0 Å². The fraction of sp³-hybridized carbons (Fsp3) is 0.789. The van der Waals surface area contributed by atoms with Crippen molar-refractivity contribution in [2.24, 2.45) is 5.92 Å². The molecule has 0 aromatic rings. The summed E-state index contributed by atoms with van der Waals surface area (Å²) in [5, 5.41) is 0. The SMILES string of the molecule is C=CC(=O)N(C)CCCC(=O)OC(CCC)C(CC)CCCC. The first-order chi connectivity index (χ1) is 11.0. The van der Waals surface area contributed by atoms with Gasteiger partial charge in [-0.15, -0.1) is 0 Å². The predicted octanol–water partition coefficient (Wildman–Crippen LogP) is 4.34. The average molecular weight is 325 g/mol. The smallest absolute Gasteiger partial charge is 0.306 e. The van der Waals surface area contributed by atoms with E-state index < -0.39 is 0 Å². The molecule has 1 amide bonds. The number of carbonyl (C=O) groups excluding carboxylic acids is 2. The molecule has 0 aliphatic carbocycles. The highest BCUT2D eigenvalue weighted by atomic mass is 16.5. The highest BCUT2D eigenvalue weighted by Gasteiger charge is 2.22. The van der Waals surface area contributed by atoms with E-state index in [2.05, 4.69) is 27.4 Å². The molecule has 0 aliphatic rings. The fourth-order valence-corrected chi connectivity index (χ4v) is 2.75. The number of rotatable bonds is 13. The molecule has 0 rings (SSSR count). The molecular weight excluding hydrogens is 290 g/mol. The first-order valence-corrected chi connectivity index (χ1v) is 9.06. The van der Waals surface area contributed by atoms with Crippen molar-refractivity contribution in [2.45, 2.75) is 78.2 Å². The van der Waals surface area contributed by atoms with Gasteiger partial charge in [-0.2, -0.15) is 0 Å². The molecule has 2 atom stereocenters. The van der Waals surface area contributed by atoms with Gasteiger partial charge in [-0.3, -0.25) is 9.59 Å². The van der Waals surface area contributed by atoms with E-state index in [4.69, 9.17) is 4.74 Å². The lowest BCUT2D eigenvalue weighted by molar-refractivity contribution is -0.153. The van der Waals surface area contributed by atoms with Crippen LogP contribution in [0.4, 0.5) is 0 Å². The summed E-state index contributed by atoms with van der Waals surface area (Å²) in [5.41, 5.74) is 0. The number of carbonyl (C=O) groups is 2. The molecule has 0 heterocycles. The van der Waals surface area contributed by atoms with E-state index in [0.717, 1.165) is 25.7 Å². The van der Waals surface area contributed by atoms with Gasteiger partial charge in [0.15, 0.2) is 0 Å². The maximum Gasteiger partial charge on any atom is 0.306 e. The number of likely N-dealkylation sites (N-methyl/N-ethyl adjacent to an activating group) is 1. The van der Waals surface area contributed by atoms with Gasteiger partial charge in [0.1, 0.15) is 6.10 Å². The minimum atomic E-state index is -0.141. The Morgan fingerprint density at radius 3 is 2.35 bits per heavy atom. The summed E-state index contributed by atoms with van der Waals surface area (Å²) in [4.78, 5) is 25.0. The molecule has 2 unspecified atom stereocenters. The van der Waals surface area contributed by atoms with E-state index in [1.807, 2.05) is 0 Å². The molecule has 0 fully saturated rings. The standard InChI is InChI=1S/C19H35NO3/c1-6-10-13-16(8-3)17(12-7-2)23-19(22)14-11-15-20(5)18(21)9-4/h9,16-17H,4,6-8,10-15H2,1-3,5H3. The van der Waals surface area contributed by atoms with E-state index in [1.165, 1.54) is 18.9 Å². The summed E-state index contributed by atoms with van der Waals surface area (Å²) in [5.74, 6) is 0.203. The Labute approximate surface area is 142 Å². The zero-order chi connectivity index (χ0) is 17.7. The van der Waals surface area contributed by atoms with Crippen LogP contribution < -0.4 is 0 Å². The number of hydrogen-bond acceptors (Lipinski definition) is 3. The second-order valence-electron chi connectivity index (χ2n) is 6.20. The zero-order valence-electron chi connectivity index (χ0n) is 15.5. The van der Waals surface area contributed by atoms with Gasteiger partial charge in [0.25, 0.3) is 0 Å². The third-order valence-electron chi connectivity index (χ3n) is 4.26. The number of ether oxygens (including phenoxy) is 1. The number of unbranched alkanes of at least 4 members (excludes halogenated alkanes) is 1. The van der Waals surface area contributed by atoms with Crippen LogP contribution in [0.1, 0.15) is 72.1 Å². The largest absolute Gasteiger partial charge is 0.462 e. The molecular formula is C19H35NO3. The third-order valence-corrected chi connectivity index (χ3v) is 4.26. The van der Waals surface area contributed by atoms with E-state index in [1.54, 1.807) is 11.9 Å². The Morgan fingerprint density at radius 2 is 1.83 bits per heavy atom. The van der Waals surface area contributed by atoms with Crippen molar-refractivity contribution in [1.82, 2.24) is 4.90 Å². The molecule has 0 aromatic heterocycles. The molecule has 0 N–H and O–H groups in total. The summed E-state index contributed by atoms with van der Waals surface area (Å²) in [6.07, 6.45) is 8.80. The highest BCUT2D eigenvalue weighted by Crippen LogP contribution is 2.23. The quantitative estimate of drug-likeness (QED) is 0.374. The second-order valence-corrected chi connectivity index (χ2v) is 6.20. The zero-order valence-corrected chi connectivity index (χ0v) is 15.5. The minimum absolute atomic E-state index is 0.0385. The summed E-state index contributed by atoms with van der Waals surface area (Å²) in [6, 6.07) is 0. The Kier molecular flexibility index (Phi) is 12.4. The molecule has 0 bridgehead atoms. The van der Waals surface area contributed by atoms with Gasteiger partial charge >= 0.3 is 5.97 Å². The van der Waals surface area contributed by atoms with Crippen LogP contribution in [0.3, 0.4) is 0 Å². The highest BCUT2D eigenvalue weighted by molar-refractivity contribution is 5.86. The molecule has 0 aliphatic heterocycles. The van der Waals surface area contributed by atoms with Crippen molar-refractivity contribution in [3.8, 4) is 0 Å². The monoisotopic (exact) mass is 325 g/mol. The van der Waals surface area contributed by atoms with Gasteiger partial charge < -0.3 is 9.64 Å². The lowest BCUT2D eigenvalue weighted by atomic mass is 9.90. The number of esters is 1. The van der Waals surface area contributed by atoms with Crippen LogP contribution in [0.5, 0.6) is 0 Å². The molecule has 0 saturated carbocycles. The van der Waals surface area contributed by atoms with Gasteiger partial charge in [-0.1, -0.05) is 46.6 Å². The van der Waals surface area contributed by atoms with Crippen molar-refractivity contribution in [2.75, 3.05) is 13.6 Å². The van der Waals surface area contributed by atoms with E-state index in [0.29, 0.717) is 25.3 Å². The van der Waals surface area contributed by atoms with Crippen molar-refractivity contribution in [3.05, 3.63) is 12.7 Å². The maximum atomic E-state index is 12.1. The summed E-state index contributed by atoms with van der Waals surface area (Å²) >= 11 is 0. The van der Waals surface area contributed by atoms with Gasteiger partial charge in [0.2, 0.25) is 5.91 Å². The van der Waals surface area contributed by atoms with Gasteiger partial charge in [0, 0.05) is 20.0 Å². The third kappa shape index (κ3) is 9.42. The molecule has 134 valence electrons.